The fraction of sp³-hybridized carbons (Fsp3) is 0.250. The van der Waals surface area contributed by atoms with Crippen molar-refractivity contribution in [3.05, 3.63) is 33.5 Å². The summed E-state index contributed by atoms with van der Waals surface area (Å²) in [4.78, 5) is 0. The van der Waals surface area contributed by atoms with Gasteiger partial charge in [0.05, 0.1) is 4.47 Å². The van der Waals surface area contributed by atoms with E-state index in [0.717, 1.165) is 0 Å². The van der Waals surface area contributed by atoms with Crippen molar-refractivity contribution >= 4 is 15.9 Å². The van der Waals surface area contributed by atoms with E-state index in [2.05, 4.69) is 15.9 Å². The average molecular weight is 239 g/mol. The van der Waals surface area contributed by atoms with E-state index in [4.69, 9.17) is 0 Å². The fourth-order valence-corrected chi connectivity index (χ4v) is 1.31. The molecule has 1 rings (SSSR count). The lowest BCUT2D eigenvalue weighted by Gasteiger charge is -2.05. The van der Waals surface area contributed by atoms with Gasteiger partial charge in [-0.2, -0.15) is 0 Å². The van der Waals surface area contributed by atoms with Gasteiger partial charge in [0.15, 0.2) is 0 Å². The average Bonchev–Trinajstić information content (AvgIpc) is 1.96. The van der Waals surface area contributed by atoms with Gasteiger partial charge in [0.25, 0.3) is 6.43 Å². The Kier molecular flexibility index (Phi) is 2.77. The topological polar surface area (TPSA) is 0 Å². The quantitative estimate of drug-likeness (QED) is 0.698. The highest BCUT2D eigenvalue weighted by Crippen LogP contribution is 2.30. The Morgan fingerprint density at radius 1 is 1.33 bits per heavy atom. The molecule has 0 aromatic heterocycles. The molecule has 1 aromatic rings. The molecule has 0 spiro atoms. The number of hydrogen-bond acceptors (Lipinski definition) is 0. The minimum absolute atomic E-state index is 0.150. The summed E-state index contributed by atoms with van der Waals surface area (Å²) in [6, 6.07) is 2.47. The summed E-state index contributed by atoms with van der Waals surface area (Å²) in [5.41, 5.74) is 0.193. The van der Waals surface area contributed by atoms with Crippen molar-refractivity contribution in [2.75, 3.05) is 0 Å². The Balaban J connectivity index is 3.28. The molecule has 0 heterocycles. The summed E-state index contributed by atoms with van der Waals surface area (Å²) in [7, 11) is 0. The molecule has 1 aromatic carbocycles. The van der Waals surface area contributed by atoms with Crippen LogP contribution in [0.2, 0.25) is 0 Å². The fourth-order valence-electron chi connectivity index (χ4n) is 0.910. The maximum Gasteiger partial charge on any atom is 0.265 e. The van der Waals surface area contributed by atoms with Crippen molar-refractivity contribution < 1.29 is 13.2 Å². The zero-order valence-electron chi connectivity index (χ0n) is 6.24. The van der Waals surface area contributed by atoms with Crippen LogP contribution in [0, 0.1) is 12.7 Å². The Labute approximate surface area is 76.5 Å². The van der Waals surface area contributed by atoms with E-state index in [1.54, 1.807) is 6.92 Å². The number of alkyl halides is 2. The molecule has 0 aliphatic rings. The first kappa shape index (κ1) is 9.58. The standard InChI is InChI=1S/C8H6BrF3/c1-4-2-5(8(11)12)7(9)6(10)3-4/h2-3,8H,1H3. The number of hydrogen-bond donors (Lipinski definition) is 0. The summed E-state index contributed by atoms with van der Waals surface area (Å²) in [5, 5.41) is 0. The van der Waals surface area contributed by atoms with Crippen LogP contribution in [0.4, 0.5) is 13.2 Å². The molecule has 0 N–H and O–H groups in total. The van der Waals surface area contributed by atoms with Crippen molar-refractivity contribution in [1.82, 2.24) is 0 Å². The molecule has 12 heavy (non-hydrogen) atoms. The second kappa shape index (κ2) is 3.47. The first-order chi connectivity index (χ1) is 5.52. The van der Waals surface area contributed by atoms with Crippen LogP contribution in [0.3, 0.4) is 0 Å². The molecule has 0 atom stereocenters. The number of aryl methyl sites for hydroxylation is 1. The Bertz CT molecular complexity index is 297. The summed E-state index contributed by atoms with van der Waals surface area (Å²) in [5.74, 6) is -0.648. The normalized spacial score (nSPS) is 10.8. The van der Waals surface area contributed by atoms with Crippen LogP contribution in [-0.4, -0.2) is 0 Å². The van der Waals surface area contributed by atoms with Crippen molar-refractivity contribution in [3.63, 3.8) is 0 Å². The number of benzene rings is 1. The highest BCUT2D eigenvalue weighted by atomic mass is 79.9. The van der Waals surface area contributed by atoms with Gasteiger partial charge >= 0.3 is 0 Å². The third-order valence-corrected chi connectivity index (χ3v) is 2.27. The van der Waals surface area contributed by atoms with Crippen LogP contribution >= 0.6 is 15.9 Å². The van der Waals surface area contributed by atoms with Gasteiger partial charge in [-0.25, -0.2) is 13.2 Å². The minimum Gasteiger partial charge on any atom is -0.206 e. The summed E-state index contributed by atoms with van der Waals surface area (Å²) < 4.78 is 37.1. The highest BCUT2D eigenvalue weighted by Gasteiger charge is 2.14. The first-order valence-corrected chi connectivity index (χ1v) is 4.05. The summed E-state index contributed by atoms with van der Waals surface area (Å²) in [6.07, 6.45) is -2.64. The number of rotatable bonds is 1. The molecule has 0 radical (unpaired) electrons. The van der Waals surface area contributed by atoms with Crippen LogP contribution in [0.5, 0.6) is 0 Å². The highest BCUT2D eigenvalue weighted by molar-refractivity contribution is 9.10. The van der Waals surface area contributed by atoms with E-state index >= 15 is 0 Å². The largest absolute Gasteiger partial charge is 0.265 e. The second-order valence-electron chi connectivity index (χ2n) is 2.45. The molecule has 66 valence electrons. The lowest BCUT2D eigenvalue weighted by Crippen LogP contribution is -1.91. The van der Waals surface area contributed by atoms with Gasteiger partial charge < -0.3 is 0 Å². The molecule has 0 saturated carbocycles. The Hall–Kier alpha value is -0.510. The molecular weight excluding hydrogens is 233 g/mol. The molecule has 0 aliphatic heterocycles. The van der Waals surface area contributed by atoms with E-state index in [0.29, 0.717) is 5.56 Å². The van der Waals surface area contributed by atoms with Crippen LogP contribution in [0.15, 0.2) is 16.6 Å². The Morgan fingerprint density at radius 2 is 1.92 bits per heavy atom. The van der Waals surface area contributed by atoms with Crippen LogP contribution in [0.1, 0.15) is 17.6 Å². The van der Waals surface area contributed by atoms with E-state index in [1.807, 2.05) is 0 Å². The maximum absolute atomic E-state index is 12.8. The van der Waals surface area contributed by atoms with Gasteiger partial charge in [0, 0.05) is 5.56 Å². The van der Waals surface area contributed by atoms with Gasteiger partial charge in [-0.1, -0.05) is 0 Å². The zero-order chi connectivity index (χ0) is 9.30. The number of halogens is 4. The van der Waals surface area contributed by atoms with Gasteiger partial charge in [-0.15, -0.1) is 0 Å². The summed E-state index contributed by atoms with van der Waals surface area (Å²) >= 11 is 2.76. The molecule has 0 nitrogen and oxygen atoms in total. The lowest BCUT2D eigenvalue weighted by atomic mass is 10.1. The van der Waals surface area contributed by atoms with Crippen molar-refractivity contribution in [2.24, 2.45) is 0 Å². The third-order valence-electron chi connectivity index (χ3n) is 1.44. The minimum atomic E-state index is -2.64. The van der Waals surface area contributed by atoms with Gasteiger partial charge in [0.1, 0.15) is 5.82 Å². The van der Waals surface area contributed by atoms with Gasteiger partial charge in [0.2, 0.25) is 0 Å². The zero-order valence-corrected chi connectivity index (χ0v) is 7.83. The van der Waals surface area contributed by atoms with Crippen molar-refractivity contribution in [2.45, 2.75) is 13.3 Å². The molecule has 0 fully saturated rings. The van der Waals surface area contributed by atoms with E-state index < -0.39 is 12.2 Å². The molecule has 0 aliphatic carbocycles. The van der Waals surface area contributed by atoms with Crippen LogP contribution in [0.25, 0.3) is 0 Å². The summed E-state index contributed by atoms with van der Waals surface area (Å²) in [6.45, 7) is 1.57. The molecule has 0 amide bonds. The molecule has 0 unspecified atom stereocenters. The van der Waals surface area contributed by atoms with Gasteiger partial charge in [-0.3, -0.25) is 0 Å². The van der Waals surface area contributed by atoms with E-state index in [1.165, 1.54) is 12.1 Å². The SMILES string of the molecule is Cc1cc(F)c(Br)c(C(F)F)c1. The van der Waals surface area contributed by atoms with E-state index in [-0.39, 0.29) is 10.0 Å². The van der Waals surface area contributed by atoms with Gasteiger partial charge in [-0.05, 0) is 40.5 Å². The van der Waals surface area contributed by atoms with Crippen molar-refractivity contribution in [1.29, 1.82) is 0 Å². The van der Waals surface area contributed by atoms with E-state index in [9.17, 15) is 13.2 Å². The smallest absolute Gasteiger partial charge is 0.206 e. The molecule has 0 bridgehead atoms. The maximum atomic E-state index is 12.8. The monoisotopic (exact) mass is 238 g/mol. The molecule has 0 saturated heterocycles. The first-order valence-electron chi connectivity index (χ1n) is 3.26. The second-order valence-corrected chi connectivity index (χ2v) is 3.24. The molecule has 4 heteroatoms. The predicted molar refractivity (Wildman–Crippen MR) is 43.8 cm³/mol. The van der Waals surface area contributed by atoms with Crippen LogP contribution in [-0.2, 0) is 0 Å². The predicted octanol–water partition coefficient (Wildman–Crippen LogP) is 3.83. The van der Waals surface area contributed by atoms with Crippen LogP contribution < -0.4 is 0 Å². The Morgan fingerprint density at radius 3 is 2.42 bits per heavy atom. The van der Waals surface area contributed by atoms with Crippen molar-refractivity contribution in [3.8, 4) is 0 Å². The lowest BCUT2D eigenvalue weighted by molar-refractivity contribution is 0.150. The third kappa shape index (κ3) is 1.80. The molecular formula is C8H6BrF3.